The highest BCUT2D eigenvalue weighted by Gasteiger charge is 2.53. The second-order valence-electron chi connectivity index (χ2n) is 45.7. The lowest BCUT2D eigenvalue weighted by Gasteiger charge is -2.54. The summed E-state index contributed by atoms with van der Waals surface area (Å²) in [7, 11) is 0. The van der Waals surface area contributed by atoms with Crippen LogP contribution in [-0.2, 0) is 32.5 Å². The van der Waals surface area contributed by atoms with E-state index in [9.17, 15) is 0 Å². The average Bonchev–Trinajstić information content (AvgIpc) is 1.22. The highest BCUT2D eigenvalue weighted by molar-refractivity contribution is 7.00. The van der Waals surface area contributed by atoms with Crippen LogP contribution in [0.2, 0.25) is 0 Å². The van der Waals surface area contributed by atoms with Gasteiger partial charge in [0.1, 0.15) is 0 Å². The number of anilines is 10. The molecule has 0 fully saturated rings. The van der Waals surface area contributed by atoms with E-state index in [1.165, 1.54) is 131 Å². The first-order valence-electron chi connectivity index (χ1n) is 46.7. The Morgan fingerprint density at radius 1 is 0.387 bits per heavy atom. The van der Waals surface area contributed by atoms with E-state index in [4.69, 9.17) is 0 Å². The van der Waals surface area contributed by atoms with Crippen molar-refractivity contribution in [3.8, 4) is 11.1 Å². The maximum absolute atomic E-state index is 3.13. The van der Waals surface area contributed by atoms with Crippen molar-refractivity contribution in [1.82, 2.24) is 0 Å². The fraction of sp³-hybridized carbons (Fsp3) is 0.474. The minimum Gasteiger partial charge on any atom is -0.334 e. The first kappa shape index (κ1) is 81.5. The van der Waals surface area contributed by atoms with Crippen LogP contribution in [0.3, 0.4) is 0 Å². The molecular weight excluding hydrogens is 1440 g/mol. The van der Waals surface area contributed by atoms with Gasteiger partial charge in [-0.25, -0.2) is 0 Å². The van der Waals surface area contributed by atoms with Gasteiger partial charge in [0.25, 0.3) is 6.71 Å². The van der Waals surface area contributed by atoms with Crippen LogP contribution in [0.1, 0.15) is 288 Å². The van der Waals surface area contributed by atoms with Gasteiger partial charge in [-0.15, -0.1) is 0 Å². The number of allylic oxidation sites excluding steroid dienone is 8. The predicted octanol–water partition coefficient (Wildman–Crippen LogP) is 29.9. The van der Waals surface area contributed by atoms with Crippen molar-refractivity contribution in [1.29, 1.82) is 0 Å². The predicted molar refractivity (Wildman–Crippen MR) is 514 cm³/mol. The summed E-state index contributed by atoms with van der Waals surface area (Å²) in [5, 5.41) is 0. The molecule has 618 valence electrons. The van der Waals surface area contributed by atoms with E-state index >= 15 is 0 Å². The zero-order chi connectivity index (χ0) is 83.7. The summed E-state index contributed by atoms with van der Waals surface area (Å²) in [5.74, 6) is 2.52. The standard InChI is InChI=1S/C114H139BN4/c1-107(2,3)77-41-33-72(34-42-77)91-28-25-30-93-74-37-45-82(46-38-74)113(19,20)95-32-24-23-27-90(95)76-67-102-104-103(68-76)119-101-71-89(63-65-98(101)115(104)97-64-62-88(70-100(97)118(102)105(91)93)116(85-56-49-79(50-57-85)109(7,8)9)86-58-51-80(52-59-86)110(10,11)12)117(87-60-53-81(54-61-87)111(13,14)15)99-66-55-84(112(16,17)18)69-96(99)114(21,22)83-47-39-75(40-48-83)94-31-26-29-92(106(94)119)73-35-43-78(44-36-73)108(4,5)6/h23-24,27,29-30,32-33,39,43,45,49-71,73-74,77,83,91,94,105-106H,25-26,28,31,34-38,40-42,44,46-48H2,1-22H3. The molecule has 20 rings (SSSR count). The number of benzene rings is 8. The number of hydrogen-bond acceptors (Lipinski definition) is 4. The van der Waals surface area contributed by atoms with E-state index in [2.05, 4.69) is 372 Å². The van der Waals surface area contributed by atoms with E-state index in [-0.39, 0.29) is 62.1 Å². The summed E-state index contributed by atoms with van der Waals surface area (Å²) in [6.07, 6.45) is 34.9. The lowest BCUT2D eigenvalue weighted by atomic mass is 9.33. The lowest BCUT2D eigenvalue weighted by molar-refractivity contribution is 0.215. The molecule has 6 heterocycles. The Kier molecular flexibility index (Phi) is 20.3. The average molecular weight is 1580 g/mol. The quantitative estimate of drug-likeness (QED) is 0.121. The molecule has 0 saturated carbocycles. The number of fused-ring (bicyclic) bond motifs is 7. The van der Waals surface area contributed by atoms with Crippen molar-refractivity contribution in [2.24, 2.45) is 46.3 Å². The van der Waals surface area contributed by atoms with Crippen LogP contribution in [0.4, 0.5) is 56.9 Å². The number of rotatable bonds is 6. The first-order valence-corrected chi connectivity index (χ1v) is 46.7. The molecule has 8 aromatic carbocycles. The maximum atomic E-state index is 3.13. The van der Waals surface area contributed by atoms with Crippen LogP contribution in [0.15, 0.2) is 234 Å². The smallest absolute Gasteiger partial charge is 0.252 e. The molecule has 4 nitrogen and oxygen atoms in total. The monoisotopic (exact) mass is 1580 g/mol. The Hall–Kier alpha value is -8.54. The van der Waals surface area contributed by atoms with E-state index in [0.717, 1.165) is 89.9 Å². The van der Waals surface area contributed by atoms with Gasteiger partial charge in [0.15, 0.2) is 0 Å². The fourth-order valence-electron chi connectivity index (χ4n) is 24.1. The molecule has 8 bridgehead atoms. The van der Waals surface area contributed by atoms with Gasteiger partial charge in [-0.3, -0.25) is 0 Å². The molecular formula is C114H139BN4. The Labute approximate surface area is 719 Å². The lowest BCUT2D eigenvalue weighted by Crippen LogP contribution is -2.65. The first-order chi connectivity index (χ1) is 56.3. The van der Waals surface area contributed by atoms with Crippen molar-refractivity contribution in [2.75, 3.05) is 19.6 Å². The second-order valence-corrected chi connectivity index (χ2v) is 45.7. The highest BCUT2D eigenvalue weighted by Crippen LogP contribution is 2.59. The van der Waals surface area contributed by atoms with Gasteiger partial charge in [0.2, 0.25) is 0 Å². The molecule has 0 amide bonds. The summed E-state index contributed by atoms with van der Waals surface area (Å²) < 4.78 is 0. The third-order valence-electron chi connectivity index (χ3n) is 31.7. The Morgan fingerprint density at radius 2 is 0.891 bits per heavy atom. The summed E-state index contributed by atoms with van der Waals surface area (Å²) in [6.45, 7) is 53.6. The molecule has 0 radical (unpaired) electrons. The van der Waals surface area contributed by atoms with E-state index in [1.807, 2.05) is 0 Å². The Morgan fingerprint density at radius 3 is 1.39 bits per heavy atom. The van der Waals surface area contributed by atoms with Gasteiger partial charge in [-0.1, -0.05) is 296 Å². The third kappa shape index (κ3) is 14.5. The van der Waals surface area contributed by atoms with Crippen LogP contribution in [0.25, 0.3) is 11.1 Å². The van der Waals surface area contributed by atoms with Crippen molar-refractivity contribution in [2.45, 2.75) is 300 Å². The molecule has 12 aliphatic rings. The normalized spacial score (nSPS) is 24.1. The third-order valence-corrected chi connectivity index (χ3v) is 31.7. The summed E-state index contributed by atoms with van der Waals surface area (Å²) in [5.41, 5.74) is 38.0. The molecule has 0 aromatic heterocycles. The topological polar surface area (TPSA) is 13.0 Å². The van der Waals surface area contributed by atoms with Crippen LogP contribution in [-0.4, -0.2) is 18.8 Å². The van der Waals surface area contributed by atoms with Gasteiger partial charge in [0.05, 0.1) is 12.1 Å². The van der Waals surface area contributed by atoms with Gasteiger partial charge in [-0.2, -0.15) is 0 Å². The van der Waals surface area contributed by atoms with Gasteiger partial charge >= 0.3 is 0 Å². The molecule has 0 spiro atoms. The summed E-state index contributed by atoms with van der Waals surface area (Å²) in [4.78, 5) is 11.6. The molecule has 8 unspecified atom stereocenters. The molecule has 119 heavy (non-hydrogen) atoms. The van der Waals surface area contributed by atoms with E-state index in [1.54, 1.807) is 33.4 Å². The summed E-state index contributed by atoms with van der Waals surface area (Å²) >= 11 is 0. The molecule has 0 N–H and O–H groups in total. The molecule has 6 aliphatic heterocycles. The molecule has 8 aromatic rings. The fourth-order valence-corrected chi connectivity index (χ4v) is 24.1. The SMILES string of the molecule is CC(C)(C)C1=CCC(C2=CCCC3C4=CCC(CC4)C(C)(C)c4cc(C(C)(C)C)ccc4N(c4ccc(C(C)(C)C)cc4)c4ccc5c(c4)N(c4cc6cc7c4B5c4ccc(N(c5ccc(C(C)(C)C)cc5)c5ccc(C(C)(C)C)cc5)cc4N7C4C(=CCCC4C4=CCC(C(C)(C)C)CC4)C4CC=C(CC4)C(C)(C)c4ccccc4-6)C23)CC1. The largest absolute Gasteiger partial charge is 0.334 e. The van der Waals surface area contributed by atoms with Crippen molar-refractivity contribution in [3.05, 3.63) is 267 Å². The molecule has 5 heteroatoms. The highest BCUT2D eigenvalue weighted by atomic mass is 15.2. The zero-order valence-electron chi connectivity index (χ0n) is 76.9. The minimum absolute atomic E-state index is 0.00590. The minimum atomic E-state index is -0.221. The summed E-state index contributed by atoms with van der Waals surface area (Å²) in [6, 6.07) is 68.4. The molecule has 6 aliphatic carbocycles. The number of hydrogen-bond donors (Lipinski definition) is 0. The second kappa shape index (κ2) is 29.6. The van der Waals surface area contributed by atoms with Crippen LogP contribution >= 0.6 is 0 Å². The maximum Gasteiger partial charge on any atom is 0.252 e. The molecule has 0 saturated heterocycles. The van der Waals surface area contributed by atoms with Crippen LogP contribution < -0.4 is 36.0 Å². The van der Waals surface area contributed by atoms with Crippen molar-refractivity contribution in [3.63, 3.8) is 0 Å². The Bertz CT molecular complexity index is 5400. The van der Waals surface area contributed by atoms with Crippen LogP contribution in [0, 0.1) is 46.3 Å². The van der Waals surface area contributed by atoms with Crippen LogP contribution in [0.5, 0.6) is 0 Å². The van der Waals surface area contributed by atoms with Gasteiger partial charge in [0, 0.05) is 74.1 Å². The van der Waals surface area contributed by atoms with Gasteiger partial charge in [-0.05, 0) is 315 Å². The zero-order valence-corrected chi connectivity index (χ0v) is 76.9. The van der Waals surface area contributed by atoms with Crippen molar-refractivity contribution < 1.29 is 0 Å². The Balaban J connectivity index is 0.988. The van der Waals surface area contributed by atoms with Gasteiger partial charge < -0.3 is 19.6 Å². The molecule has 8 atom stereocenters. The van der Waals surface area contributed by atoms with E-state index in [0.29, 0.717) is 35.5 Å². The number of nitrogens with zero attached hydrogens (tertiary/aromatic N) is 4. The van der Waals surface area contributed by atoms with E-state index < -0.39 is 0 Å². The van der Waals surface area contributed by atoms with Crippen molar-refractivity contribution >= 4 is 80.0 Å².